The van der Waals surface area contributed by atoms with E-state index >= 15 is 0 Å². The maximum atomic E-state index is 13.0. The van der Waals surface area contributed by atoms with Gasteiger partial charge in [0.2, 0.25) is 0 Å². The molecule has 0 saturated heterocycles. The summed E-state index contributed by atoms with van der Waals surface area (Å²) < 4.78 is 20.7. The number of halogens is 2. The van der Waals surface area contributed by atoms with Crippen LogP contribution in [0, 0.1) is 12.7 Å². The van der Waals surface area contributed by atoms with Crippen LogP contribution >= 0.6 is 15.9 Å². The third kappa shape index (κ3) is 3.23. The zero-order valence-corrected chi connectivity index (χ0v) is 10.7. The van der Waals surface area contributed by atoms with Crippen LogP contribution in [-0.2, 0) is 6.54 Å². The van der Waals surface area contributed by atoms with Crippen LogP contribution in [0.25, 0.3) is 0 Å². The van der Waals surface area contributed by atoms with Crippen LogP contribution in [0.15, 0.2) is 22.7 Å². The molecular formula is C10H10BrFN4O. The summed E-state index contributed by atoms with van der Waals surface area (Å²) >= 11 is 3.20. The predicted octanol–water partition coefficient (Wildman–Crippen LogP) is 1.96. The van der Waals surface area contributed by atoms with E-state index in [9.17, 15) is 4.39 Å². The number of ether oxygens (including phenoxy) is 1. The lowest BCUT2D eigenvalue weighted by Crippen LogP contribution is -2.11. The number of hydrogen-bond acceptors (Lipinski definition) is 4. The Labute approximate surface area is 106 Å². The monoisotopic (exact) mass is 300 g/mol. The highest BCUT2D eigenvalue weighted by Crippen LogP contribution is 2.20. The van der Waals surface area contributed by atoms with E-state index in [2.05, 4.69) is 31.5 Å². The van der Waals surface area contributed by atoms with Crippen molar-refractivity contribution < 1.29 is 9.13 Å². The fourth-order valence-corrected chi connectivity index (χ4v) is 1.76. The third-order valence-corrected chi connectivity index (χ3v) is 2.58. The molecule has 2 aromatic rings. The van der Waals surface area contributed by atoms with Crippen molar-refractivity contribution in [2.75, 3.05) is 6.61 Å². The molecule has 1 aromatic heterocycles. The predicted molar refractivity (Wildman–Crippen MR) is 62.1 cm³/mol. The number of benzene rings is 1. The molecule has 0 aliphatic heterocycles. The molecule has 0 aliphatic carbocycles. The van der Waals surface area contributed by atoms with Crippen LogP contribution < -0.4 is 4.74 Å². The van der Waals surface area contributed by atoms with Gasteiger partial charge in [-0.15, -0.1) is 5.10 Å². The minimum absolute atomic E-state index is 0.340. The molecule has 2 rings (SSSR count). The molecule has 0 aliphatic rings. The average Bonchev–Trinajstić information content (AvgIpc) is 2.63. The van der Waals surface area contributed by atoms with Crippen molar-refractivity contribution in [2.24, 2.45) is 0 Å². The van der Waals surface area contributed by atoms with Gasteiger partial charge in [-0.05, 0) is 29.5 Å². The first-order valence-corrected chi connectivity index (χ1v) is 5.76. The van der Waals surface area contributed by atoms with Crippen molar-refractivity contribution >= 4 is 15.9 Å². The van der Waals surface area contributed by atoms with Crippen molar-refractivity contribution in [1.82, 2.24) is 20.2 Å². The van der Waals surface area contributed by atoms with E-state index in [4.69, 9.17) is 4.74 Å². The minimum Gasteiger partial charge on any atom is -0.492 e. The lowest BCUT2D eigenvalue weighted by atomic mass is 10.3. The molecule has 0 spiro atoms. The summed E-state index contributed by atoms with van der Waals surface area (Å²) in [5.74, 6) is 0.851. The maximum absolute atomic E-state index is 13.0. The Morgan fingerprint density at radius 3 is 2.88 bits per heavy atom. The van der Waals surface area contributed by atoms with Crippen LogP contribution in [-0.4, -0.2) is 26.8 Å². The maximum Gasteiger partial charge on any atom is 0.148 e. The summed E-state index contributed by atoms with van der Waals surface area (Å²) in [6.45, 7) is 2.70. The van der Waals surface area contributed by atoms with Gasteiger partial charge in [-0.2, -0.15) is 0 Å². The molecule has 0 saturated carbocycles. The van der Waals surface area contributed by atoms with Gasteiger partial charge in [0.15, 0.2) is 0 Å². The van der Waals surface area contributed by atoms with Crippen LogP contribution in [0.5, 0.6) is 5.75 Å². The number of aryl methyl sites for hydroxylation is 1. The normalized spacial score (nSPS) is 10.5. The Morgan fingerprint density at radius 1 is 1.41 bits per heavy atom. The third-order valence-electron chi connectivity index (χ3n) is 2.12. The van der Waals surface area contributed by atoms with Gasteiger partial charge in [-0.25, -0.2) is 9.07 Å². The summed E-state index contributed by atoms with van der Waals surface area (Å²) in [5, 5.41) is 11.0. The van der Waals surface area contributed by atoms with Crippen LogP contribution in [0.2, 0.25) is 0 Å². The zero-order chi connectivity index (χ0) is 12.3. The molecule has 5 nitrogen and oxygen atoms in total. The molecule has 0 N–H and O–H groups in total. The molecule has 0 atom stereocenters. The molecule has 0 radical (unpaired) electrons. The van der Waals surface area contributed by atoms with Crippen molar-refractivity contribution in [3.8, 4) is 5.75 Å². The van der Waals surface area contributed by atoms with E-state index in [-0.39, 0.29) is 5.82 Å². The SMILES string of the molecule is Cc1nnnn1CCOc1cc(F)cc(Br)c1. The lowest BCUT2D eigenvalue weighted by molar-refractivity contribution is 0.287. The summed E-state index contributed by atoms with van der Waals surface area (Å²) in [4.78, 5) is 0. The summed E-state index contributed by atoms with van der Waals surface area (Å²) in [5.41, 5.74) is 0. The van der Waals surface area contributed by atoms with E-state index in [0.717, 1.165) is 0 Å². The smallest absolute Gasteiger partial charge is 0.148 e. The highest BCUT2D eigenvalue weighted by atomic mass is 79.9. The number of tetrazole rings is 1. The summed E-state index contributed by atoms with van der Waals surface area (Å²) in [7, 11) is 0. The molecule has 1 aromatic carbocycles. The molecule has 0 amide bonds. The fraction of sp³-hybridized carbons (Fsp3) is 0.300. The molecule has 0 fully saturated rings. The standard InChI is InChI=1S/C10H10BrFN4O/c1-7-13-14-15-16(7)2-3-17-10-5-8(11)4-9(12)6-10/h4-6H,2-3H2,1H3. The lowest BCUT2D eigenvalue weighted by Gasteiger charge is -2.07. The van der Waals surface area contributed by atoms with E-state index in [1.54, 1.807) is 17.7 Å². The number of aromatic nitrogens is 4. The first kappa shape index (κ1) is 12.0. The van der Waals surface area contributed by atoms with Gasteiger partial charge in [0.25, 0.3) is 0 Å². The van der Waals surface area contributed by atoms with E-state index in [1.807, 2.05) is 0 Å². The Balaban J connectivity index is 1.92. The first-order chi connectivity index (χ1) is 8.15. The first-order valence-electron chi connectivity index (χ1n) is 4.97. The molecule has 90 valence electrons. The van der Waals surface area contributed by atoms with E-state index < -0.39 is 0 Å². The highest BCUT2D eigenvalue weighted by molar-refractivity contribution is 9.10. The molecule has 0 unspecified atom stereocenters. The van der Waals surface area contributed by atoms with Crippen molar-refractivity contribution in [2.45, 2.75) is 13.5 Å². The van der Waals surface area contributed by atoms with E-state index in [1.165, 1.54) is 12.1 Å². The number of nitrogens with zero attached hydrogens (tertiary/aromatic N) is 4. The summed E-state index contributed by atoms with van der Waals surface area (Å²) in [6.07, 6.45) is 0. The molecule has 7 heteroatoms. The Hall–Kier alpha value is -1.50. The van der Waals surface area contributed by atoms with Crippen LogP contribution in [0.4, 0.5) is 4.39 Å². The van der Waals surface area contributed by atoms with Gasteiger partial charge in [0.05, 0.1) is 6.54 Å². The largest absolute Gasteiger partial charge is 0.492 e. The second kappa shape index (κ2) is 5.22. The van der Waals surface area contributed by atoms with Gasteiger partial charge >= 0.3 is 0 Å². The second-order valence-corrected chi connectivity index (χ2v) is 4.32. The van der Waals surface area contributed by atoms with Gasteiger partial charge in [0.1, 0.15) is 24.0 Å². The highest BCUT2D eigenvalue weighted by Gasteiger charge is 2.02. The van der Waals surface area contributed by atoms with Gasteiger partial charge < -0.3 is 4.74 Å². The van der Waals surface area contributed by atoms with Gasteiger partial charge in [-0.1, -0.05) is 15.9 Å². The van der Waals surface area contributed by atoms with Gasteiger partial charge in [0, 0.05) is 10.5 Å². The zero-order valence-electron chi connectivity index (χ0n) is 9.10. The summed E-state index contributed by atoms with van der Waals surface area (Å²) in [6, 6.07) is 4.41. The quantitative estimate of drug-likeness (QED) is 0.866. The Kier molecular flexibility index (Phi) is 3.68. The fourth-order valence-electron chi connectivity index (χ4n) is 1.32. The van der Waals surface area contributed by atoms with Crippen molar-refractivity contribution in [3.63, 3.8) is 0 Å². The van der Waals surface area contributed by atoms with Crippen LogP contribution in [0.1, 0.15) is 5.82 Å². The molecule has 1 heterocycles. The molecular weight excluding hydrogens is 291 g/mol. The van der Waals surface area contributed by atoms with Crippen molar-refractivity contribution in [1.29, 1.82) is 0 Å². The minimum atomic E-state index is -0.340. The van der Waals surface area contributed by atoms with Crippen LogP contribution in [0.3, 0.4) is 0 Å². The molecule has 0 bridgehead atoms. The Bertz CT molecular complexity index is 497. The average molecular weight is 301 g/mol. The van der Waals surface area contributed by atoms with Crippen molar-refractivity contribution in [3.05, 3.63) is 34.3 Å². The van der Waals surface area contributed by atoms with E-state index in [0.29, 0.717) is 29.2 Å². The number of rotatable bonds is 4. The molecule has 17 heavy (non-hydrogen) atoms. The van der Waals surface area contributed by atoms with Gasteiger partial charge in [-0.3, -0.25) is 0 Å². The Morgan fingerprint density at radius 2 is 2.24 bits per heavy atom. The second-order valence-electron chi connectivity index (χ2n) is 3.40. The topological polar surface area (TPSA) is 52.8 Å². The number of hydrogen-bond donors (Lipinski definition) is 0.